The summed E-state index contributed by atoms with van der Waals surface area (Å²) in [5.41, 5.74) is 5.76. The average Bonchev–Trinajstić information content (AvgIpc) is 2.66. The Morgan fingerprint density at radius 2 is 2.00 bits per heavy atom. The molecule has 0 aromatic carbocycles. The van der Waals surface area contributed by atoms with Gasteiger partial charge < -0.3 is 5.73 Å². The van der Waals surface area contributed by atoms with Crippen molar-refractivity contribution >= 4 is 21.4 Å². The standard InChI is InChI=1S/C10H16N2O2S2/c1-8-2-3-10(15-8)16(13,14)12-6-4-9(11)5-7-12/h2-3,9H,4-7,11H2,1H3. The maximum Gasteiger partial charge on any atom is 0.252 e. The number of rotatable bonds is 2. The molecule has 6 heteroatoms. The van der Waals surface area contributed by atoms with Crippen LogP contribution in [-0.4, -0.2) is 31.9 Å². The molecule has 1 aliphatic rings. The maximum atomic E-state index is 12.2. The van der Waals surface area contributed by atoms with Gasteiger partial charge in [0.05, 0.1) is 0 Å². The first-order chi connectivity index (χ1) is 7.50. The Labute approximate surface area is 100 Å². The van der Waals surface area contributed by atoms with E-state index >= 15 is 0 Å². The summed E-state index contributed by atoms with van der Waals surface area (Å²) in [5, 5.41) is 0. The van der Waals surface area contributed by atoms with Gasteiger partial charge in [-0.1, -0.05) is 0 Å². The highest BCUT2D eigenvalue weighted by atomic mass is 32.2. The van der Waals surface area contributed by atoms with Crippen molar-refractivity contribution in [1.29, 1.82) is 0 Å². The van der Waals surface area contributed by atoms with E-state index in [0.29, 0.717) is 17.3 Å². The van der Waals surface area contributed by atoms with Crippen LogP contribution in [0.2, 0.25) is 0 Å². The Morgan fingerprint density at radius 3 is 2.50 bits per heavy atom. The molecule has 1 aromatic heterocycles. The smallest absolute Gasteiger partial charge is 0.252 e. The number of thiophene rings is 1. The van der Waals surface area contributed by atoms with Gasteiger partial charge in [-0.15, -0.1) is 11.3 Å². The van der Waals surface area contributed by atoms with Gasteiger partial charge in [0.15, 0.2) is 0 Å². The van der Waals surface area contributed by atoms with E-state index in [9.17, 15) is 8.42 Å². The molecule has 16 heavy (non-hydrogen) atoms. The molecule has 2 rings (SSSR count). The molecule has 0 amide bonds. The van der Waals surface area contributed by atoms with Crippen molar-refractivity contribution in [1.82, 2.24) is 4.31 Å². The third-order valence-corrected chi connectivity index (χ3v) is 6.18. The molecular weight excluding hydrogens is 244 g/mol. The molecule has 90 valence electrons. The molecule has 1 aliphatic heterocycles. The SMILES string of the molecule is Cc1ccc(S(=O)(=O)N2CCC(N)CC2)s1. The maximum absolute atomic E-state index is 12.2. The van der Waals surface area contributed by atoms with Crippen LogP contribution in [0, 0.1) is 6.92 Å². The van der Waals surface area contributed by atoms with E-state index in [-0.39, 0.29) is 6.04 Å². The summed E-state index contributed by atoms with van der Waals surface area (Å²) in [4.78, 5) is 1.02. The van der Waals surface area contributed by atoms with Crippen molar-refractivity contribution in [3.63, 3.8) is 0 Å². The van der Waals surface area contributed by atoms with Crippen LogP contribution in [0.25, 0.3) is 0 Å². The van der Waals surface area contributed by atoms with E-state index in [1.54, 1.807) is 10.4 Å². The van der Waals surface area contributed by atoms with E-state index in [1.807, 2.05) is 13.0 Å². The minimum Gasteiger partial charge on any atom is -0.328 e. The number of piperidine rings is 1. The second-order valence-corrected chi connectivity index (χ2v) is 7.56. The first kappa shape index (κ1) is 12.0. The predicted molar refractivity (Wildman–Crippen MR) is 65.0 cm³/mol. The van der Waals surface area contributed by atoms with Gasteiger partial charge >= 0.3 is 0 Å². The van der Waals surface area contributed by atoms with Crippen LogP contribution in [0.1, 0.15) is 17.7 Å². The van der Waals surface area contributed by atoms with E-state index in [2.05, 4.69) is 0 Å². The van der Waals surface area contributed by atoms with Crippen LogP contribution in [0.3, 0.4) is 0 Å². The Balaban J connectivity index is 2.20. The summed E-state index contributed by atoms with van der Waals surface area (Å²) in [5.74, 6) is 0. The van der Waals surface area contributed by atoms with Crippen LogP contribution in [0.5, 0.6) is 0 Å². The molecule has 2 N–H and O–H groups in total. The topological polar surface area (TPSA) is 63.4 Å². The number of aryl methyl sites for hydroxylation is 1. The van der Waals surface area contributed by atoms with Crippen molar-refractivity contribution in [3.05, 3.63) is 17.0 Å². The second-order valence-electron chi connectivity index (χ2n) is 4.11. The quantitative estimate of drug-likeness (QED) is 0.868. The molecule has 1 aromatic rings. The fourth-order valence-corrected chi connectivity index (χ4v) is 4.70. The Bertz CT molecular complexity index is 459. The number of nitrogens with zero attached hydrogens (tertiary/aromatic N) is 1. The lowest BCUT2D eigenvalue weighted by molar-refractivity contribution is 0.320. The van der Waals surface area contributed by atoms with Crippen LogP contribution >= 0.6 is 11.3 Å². The number of hydrogen-bond donors (Lipinski definition) is 1. The summed E-state index contributed by atoms with van der Waals surface area (Å²) in [6.07, 6.45) is 1.51. The van der Waals surface area contributed by atoms with Crippen molar-refractivity contribution in [3.8, 4) is 0 Å². The minimum atomic E-state index is -3.27. The molecular formula is C10H16N2O2S2. The molecule has 0 unspecified atom stereocenters. The van der Waals surface area contributed by atoms with Crippen molar-refractivity contribution in [2.45, 2.75) is 30.0 Å². The van der Waals surface area contributed by atoms with Gasteiger partial charge in [-0.05, 0) is 31.9 Å². The van der Waals surface area contributed by atoms with E-state index in [4.69, 9.17) is 5.73 Å². The fraction of sp³-hybridized carbons (Fsp3) is 0.600. The van der Waals surface area contributed by atoms with E-state index < -0.39 is 10.0 Å². The summed E-state index contributed by atoms with van der Waals surface area (Å²) in [6.45, 7) is 3.00. The predicted octanol–water partition coefficient (Wildman–Crippen LogP) is 1.17. The van der Waals surface area contributed by atoms with Gasteiger partial charge in [0.1, 0.15) is 4.21 Å². The summed E-state index contributed by atoms with van der Waals surface area (Å²) in [6, 6.07) is 3.67. The number of nitrogens with two attached hydrogens (primary N) is 1. The summed E-state index contributed by atoms with van der Waals surface area (Å²) >= 11 is 1.33. The minimum absolute atomic E-state index is 0.150. The molecule has 1 saturated heterocycles. The lowest BCUT2D eigenvalue weighted by Crippen LogP contribution is -2.42. The van der Waals surface area contributed by atoms with Gasteiger partial charge in [0, 0.05) is 24.0 Å². The molecule has 0 aliphatic carbocycles. The molecule has 0 atom stereocenters. The normalized spacial score (nSPS) is 20.1. The van der Waals surface area contributed by atoms with Gasteiger partial charge in [-0.25, -0.2) is 8.42 Å². The summed E-state index contributed by atoms with van der Waals surface area (Å²) in [7, 11) is -3.27. The zero-order valence-electron chi connectivity index (χ0n) is 9.22. The third-order valence-electron chi connectivity index (χ3n) is 2.81. The number of sulfonamides is 1. The molecule has 2 heterocycles. The molecule has 1 fully saturated rings. The number of hydrogen-bond acceptors (Lipinski definition) is 4. The van der Waals surface area contributed by atoms with E-state index in [0.717, 1.165) is 17.7 Å². The Kier molecular flexibility index (Phi) is 3.34. The zero-order chi connectivity index (χ0) is 11.8. The fourth-order valence-electron chi connectivity index (χ4n) is 1.79. The van der Waals surface area contributed by atoms with Crippen molar-refractivity contribution in [2.24, 2.45) is 5.73 Å². The lowest BCUT2D eigenvalue weighted by Gasteiger charge is -2.28. The van der Waals surface area contributed by atoms with Gasteiger partial charge in [-0.3, -0.25) is 0 Å². The van der Waals surface area contributed by atoms with Crippen molar-refractivity contribution < 1.29 is 8.42 Å². The molecule has 0 bridgehead atoms. The van der Waals surface area contributed by atoms with Gasteiger partial charge in [0.25, 0.3) is 10.0 Å². The molecule has 0 spiro atoms. The van der Waals surface area contributed by atoms with Crippen molar-refractivity contribution in [2.75, 3.05) is 13.1 Å². The van der Waals surface area contributed by atoms with Crippen LogP contribution in [-0.2, 0) is 10.0 Å². The Morgan fingerprint density at radius 1 is 1.38 bits per heavy atom. The molecule has 0 radical (unpaired) electrons. The second kappa shape index (κ2) is 4.44. The van der Waals surface area contributed by atoms with Crippen LogP contribution < -0.4 is 5.73 Å². The highest BCUT2D eigenvalue weighted by Gasteiger charge is 2.28. The lowest BCUT2D eigenvalue weighted by atomic mass is 10.1. The molecule has 4 nitrogen and oxygen atoms in total. The van der Waals surface area contributed by atoms with Gasteiger partial charge in [0.2, 0.25) is 0 Å². The largest absolute Gasteiger partial charge is 0.328 e. The molecule has 0 saturated carbocycles. The zero-order valence-corrected chi connectivity index (χ0v) is 10.9. The Hall–Kier alpha value is -0.430. The van der Waals surface area contributed by atoms with Crippen LogP contribution in [0.4, 0.5) is 0 Å². The highest BCUT2D eigenvalue weighted by Crippen LogP contribution is 2.26. The van der Waals surface area contributed by atoms with Crippen LogP contribution in [0.15, 0.2) is 16.3 Å². The highest BCUT2D eigenvalue weighted by molar-refractivity contribution is 7.91. The third kappa shape index (κ3) is 2.29. The van der Waals surface area contributed by atoms with Gasteiger partial charge in [-0.2, -0.15) is 4.31 Å². The first-order valence-corrected chi connectivity index (χ1v) is 7.58. The first-order valence-electron chi connectivity index (χ1n) is 5.32. The monoisotopic (exact) mass is 260 g/mol. The average molecular weight is 260 g/mol. The summed E-state index contributed by atoms with van der Waals surface area (Å²) < 4.78 is 26.4. The van der Waals surface area contributed by atoms with E-state index in [1.165, 1.54) is 11.3 Å².